The highest BCUT2D eigenvalue weighted by Crippen LogP contribution is 2.32. The van der Waals surface area contributed by atoms with Crippen LogP contribution in [0.4, 0.5) is 0 Å². The lowest BCUT2D eigenvalue weighted by atomic mass is 10.1. The molecule has 1 aromatic carbocycles. The number of ether oxygens (including phenoxy) is 1. The van der Waals surface area contributed by atoms with E-state index in [1.807, 2.05) is 6.92 Å². The van der Waals surface area contributed by atoms with Crippen molar-refractivity contribution in [3.05, 3.63) is 23.8 Å². The predicted molar refractivity (Wildman–Crippen MR) is 125 cm³/mol. The second kappa shape index (κ2) is 9.52. The SMILES string of the molecule is COc1ccc(C(=O)N2CCN(C3CCS(=O)(=O)C3)CC2)cc1S(=O)(=O)N1CCCCC1C. The minimum Gasteiger partial charge on any atom is -0.495 e. The van der Waals surface area contributed by atoms with Gasteiger partial charge in [-0.15, -0.1) is 0 Å². The molecule has 3 aliphatic heterocycles. The van der Waals surface area contributed by atoms with E-state index in [2.05, 4.69) is 4.90 Å². The van der Waals surface area contributed by atoms with E-state index in [-0.39, 0.29) is 40.1 Å². The first kappa shape index (κ1) is 24.4. The van der Waals surface area contributed by atoms with Gasteiger partial charge in [-0.05, 0) is 44.4 Å². The summed E-state index contributed by atoms with van der Waals surface area (Å²) in [6.07, 6.45) is 3.27. The monoisotopic (exact) mass is 499 g/mol. The van der Waals surface area contributed by atoms with Crippen molar-refractivity contribution in [2.75, 3.05) is 51.3 Å². The van der Waals surface area contributed by atoms with Gasteiger partial charge in [0.1, 0.15) is 10.6 Å². The quantitative estimate of drug-likeness (QED) is 0.600. The summed E-state index contributed by atoms with van der Waals surface area (Å²) in [5.41, 5.74) is 0.316. The molecule has 3 heterocycles. The molecule has 0 N–H and O–H groups in total. The molecule has 4 rings (SSSR count). The van der Waals surface area contributed by atoms with Gasteiger partial charge in [0.2, 0.25) is 10.0 Å². The normalized spacial score (nSPS) is 26.9. The van der Waals surface area contributed by atoms with Gasteiger partial charge in [-0.25, -0.2) is 16.8 Å². The second-order valence-corrected chi connectivity index (χ2v) is 13.3. The highest BCUT2D eigenvalue weighted by atomic mass is 32.2. The molecule has 0 bridgehead atoms. The van der Waals surface area contributed by atoms with Gasteiger partial charge in [0, 0.05) is 50.4 Å². The number of carbonyl (C=O) groups excluding carboxylic acids is 1. The minimum absolute atomic E-state index is 0.0246. The number of hydrogen-bond acceptors (Lipinski definition) is 7. The van der Waals surface area contributed by atoms with E-state index in [4.69, 9.17) is 4.74 Å². The molecule has 184 valence electrons. The van der Waals surface area contributed by atoms with Crippen LogP contribution in [0.15, 0.2) is 23.1 Å². The van der Waals surface area contributed by atoms with Gasteiger partial charge in [-0.3, -0.25) is 9.69 Å². The van der Waals surface area contributed by atoms with Gasteiger partial charge in [0.15, 0.2) is 9.84 Å². The Labute approximate surface area is 196 Å². The standard InChI is InChI=1S/C22H33N3O6S2/c1-17-5-3-4-9-25(17)33(29,30)21-15-18(6-7-20(21)31-2)22(26)24-12-10-23(11-13-24)19-8-14-32(27,28)16-19/h6-7,15,17,19H,3-5,8-14,16H2,1-2H3. The van der Waals surface area contributed by atoms with Crippen LogP contribution in [-0.4, -0.2) is 100 Å². The number of amides is 1. The third-order valence-electron chi connectivity index (χ3n) is 7.07. The Hall–Kier alpha value is -1.69. The fourth-order valence-electron chi connectivity index (χ4n) is 5.10. The molecule has 1 aromatic rings. The summed E-state index contributed by atoms with van der Waals surface area (Å²) in [4.78, 5) is 17.1. The zero-order valence-corrected chi connectivity index (χ0v) is 20.9. The van der Waals surface area contributed by atoms with E-state index in [0.29, 0.717) is 44.7 Å². The number of methoxy groups -OCH3 is 1. The smallest absolute Gasteiger partial charge is 0.253 e. The van der Waals surface area contributed by atoms with Crippen LogP contribution in [-0.2, 0) is 19.9 Å². The molecular weight excluding hydrogens is 466 g/mol. The fraction of sp³-hybridized carbons (Fsp3) is 0.682. The van der Waals surface area contributed by atoms with Crippen molar-refractivity contribution in [2.24, 2.45) is 0 Å². The average Bonchev–Trinajstić information content (AvgIpc) is 3.18. The summed E-state index contributed by atoms with van der Waals surface area (Å²) in [7, 11) is -5.32. The van der Waals surface area contributed by atoms with Crippen LogP contribution in [0.2, 0.25) is 0 Å². The molecule has 3 fully saturated rings. The van der Waals surface area contributed by atoms with Crippen LogP contribution in [0.1, 0.15) is 43.0 Å². The number of carbonyl (C=O) groups is 1. The Bertz CT molecular complexity index is 1100. The van der Waals surface area contributed by atoms with Gasteiger partial charge >= 0.3 is 0 Å². The Kier molecular flexibility index (Phi) is 7.05. The van der Waals surface area contributed by atoms with Crippen molar-refractivity contribution < 1.29 is 26.4 Å². The molecule has 0 saturated carbocycles. The number of sulfone groups is 1. The number of piperidine rings is 1. The maximum Gasteiger partial charge on any atom is 0.253 e. The fourth-order valence-corrected chi connectivity index (χ4v) is 8.75. The van der Waals surface area contributed by atoms with Crippen molar-refractivity contribution in [3.8, 4) is 5.75 Å². The zero-order valence-electron chi connectivity index (χ0n) is 19.3. The summed E-state index contributed by atoms with van der Waals surface area (Å²) in [6, 6.07) is 4.52. The summed E-state index contributed by atoms with van der Waals surface area (Å²) >= 11 is 0. The molecule has 1 amide bonds. The van der Waals surface area contributed by atoms with Gasteiger partial charge in [0.05, 0.1) is 18.6 Å². The maximum atomic E-state index is 13.4. The number of sulfonamides is 1. The van der Waals surface area contributed by atoms with Crippen LogP contribution < -0.4 is 4.74 Å². The molecule has 0 radical (unpaired) electrons. The first-order chi connectivity index (χ1) is 15.6. The summed E-state index contributed by atoms with van der Waals surface area (Å²) in [5.74, 6) is 0.432. The Morgan fingerprint density at radius 3 is 2.39 bits per heavy atom. The number of rotatable bonds is 5. The molecular formula is C22H33N3O6S2. The lowest BCUT2D eigenvalue weighted by molar-refractivity contribution is 0.0587. The van der Waals surface area contributed by atoms with Crippen LogP contribution in [0.25, 0.3) is 0 Å². The number of nitrogens with zero attached hydrogens (tertiary/aromatic N) is 3. The second-order valence-electron chi connectivity index (χ2n) is 9.21. The van der Waals surface area contributed by atoms with Crippen molar-refractivity contribution >= 4 is 25.8 Å². The van der Waals surface area contributed by atoms with E-state index in [1.54, 1.807) is 17.0 Å². The van der Waals surface area contributed by atoms with Crippen LogP contribution in [0.3, 0.4) is 0 Å². The highest BCUT2D eigenvalue weighted by molar-refractivity contribution is 7.91. The molecule has 33 heavy (non-hydrogen) atoms. The van der Waals surface area contributed by atoms with Gasteiger partial charge in [-0.1, -0.05) is 6.42 Å². The maximum absolute atomic E-state index is 13.4. The van der Waals surface area contributed by atoms with Crippen LogP contribution in [0.5, 0.6) is 5.75 Å². The zero-order chi connectivity index (χ0) is 23.8. The summed E-state index contributed by atoms with van der Waals surface area (Å²) in [6.45, 7) is 4.55. The van der Waals surface area contributed by atoms with Gasteiger partial charge < -0.3 is 9.64 Å². The largest absolute Gasteiger partial charge is 0.495 e. The number of hydrogen-bond donors (Lipinski definition) is 0. The number of benzene rings is 1. The highest BCUT2D eigenvalue weighted by Gasteiger charge is 2.36. The van der Waals surface area contributed by atoms with E-state index in [9.17, 15) is 21.6 Å². The lowest BCUT2D eigenvalue weighted by Crippen LogP contribution is -2.52. The Balaban J connectivity index is 1.50. The minimum atomic E-state index is -3.80. The molecule has 11 heteroatoms. The summed E-state index contributed by atoms with van der Waals surface area (Å²) in [5, 5.41) is 0. The van der Waals surface area contributed by atoms with E-state index in [0.717, 1.165) is 19.3 Å². The molecule has 3 saturated heterocycles. The Morgan fingerprint density at radius 2 is 1.79 bits per heavy atom. The first-order valence-electron chi connectivity index (χ1n) is 11.6. The Morgan fingerprint density at radius 1 is 1.06 bits per heavy atom. The topological polar surface area (TPSA) is 104 Å². The molecule has 0 aromatic heterocycles. The van der Waals surface area contributed by atoms with Crippen molar-refractivity contribution in [1.29, 1.82) is 0 Å². The van der Waals surface area contributed by atoms with Gasteiger partial charge in [-0.2, -0.15) is 4.31 Å². The van der Waals surface area contributed by atoms with E-state index in [1.165, 1.54) is 17.5 Å². The summed E-state index contributed by atoms with van der Waals surface area (Å²) < 4.78 is 57.3. The van der Waals surface area contributed by atoms with Crippen molar-refractivity contribution in [2.45, 2.75) is 49.6 Å². The third-order valence-corrected chi connectivity index (χ3v) is 10.9. The van der Waals surface area contributed by atoms with Crippen molar-refractivity contribution in [1.82, 2.24) is 14.1 Å². The molecule has 2 unspecified atom stereocenters. The average molecular weight is 500 g/mol. The van der Waals surface area contributed by atoms with Gasteiger partial charge in [0.25, 0.3) is 5.91 Å². The lowest BCUT2D eigenvalue weighted by Gasteiger charge is -2.37. The van der Waals surface area contributed by atoms with Crippen molar-refractivity contribution in [3.63, 3.8) is 0 Å². The molecule has 0 spiro atoms. The van der Waals surface area contributed by atoms with Crippen LogP contribution in [0, 0.1) is 0 Å². The van der Waals surface area contributed by atoms with E-state index < -0.39 is 19.9 Å². The molecule has 2 atom stereocenters. The van der Waals surface area contributed by atoms with Crippen LogP contribution >= 0.6 is 0 Å². The predicted octanol–water partition coefficient (Wildman–Crippen LogP) is 1.20. The third kappa shape index (κ3) is 5.06. The molecule has 9 nitrogen and oxygen atoms in total. The molecule has 3 aliphatic rings. The number of piperazine rings is 1. The molecule has 0 aliphatic carbocycles. The first-order valence-corrected chi connectivity index (χ1v) is 14.8. The van der Waals surface area contributed by atoms with E-state index >= 15 is 0 Å².